The Hall–Kier alpha value is -0.860. The van der Waals surface area contributed by atoms with Crippen LogP contribution in [0.15, 0.2) is 29.3 Å². The van der Waals surface area contributed by atoms with E-state index in [1.165, 1.54) is 43.5 Å². The number of rotatable bonds is 6. The summed E-state index contributed by atoms with van der Waals surface area (Å²) in [5.74, 6) is 2.45. The molecular formula is C22H37IN4O. The van der Waals surface area contributed by atoms with Crippen molar-refractivity contribution in [3.63, 3.8) is 0 Å². The molecule has 2 atom stereocenters. The summed E-state index contributed by atoms with van der Waals surface area (Å²) in [4.78, 5) is 9.40. The van der Waals surface area contributed by atoms with Gasteiger partial charge in [-0.2, -0.15) is 0 Å². The fourth-order valence-corrected chi connectivity index (χ4v) is 4.36. The molecule has 1 N–H and O–H groups in total. The number of nitrogens with zero attached hydrogens (tertiary/aromatic N) is 3. The fraction of sp³-hybridized carbons (Fsp3) is 0.682. The molecule has 2 aliphatic rings. The minimum Gasteiger partial charge on any atom is -0.384 e. The summed E-state index contributed by atoms with van der Waals surface area (Å²) in [5, 5.41) is 3.52. The number of aliphatic imine (C=N–C) groups is 1. The Morgan fingerprint density at radius 2 is 1.89 bits per heavy atom. The zero-order valence-electron chi connectivity index (χ0n) is 17.7. The van der Waals surface area contributed by atoms with Gasteiger partial charge in [0.25, 0.3) is 0 Å². The zero-order valence-corrected chi connectivity index (χ0v) is 20.0. The number of piperidine rings is 1. The molecule has 1 aromatic rings. The Kier molecular flexibility index (Phi) is 10.0. The first kappa shape index (κ1) is 23.4. The third-order valence-corrected chi connectivity index (χ3v) is 5.82. The van der Waals surface area contributed by atoms with Gasteiger partial charge < -0.3 is 15.0 Å². The highest BCUT2D eigenvalue weighted by Crippen LogP contribution is 2.18. The second kappa shape index (κ2) is 12.0. The highest BCUT2D eigenvalue weighted by Gasteiger charge is 2.24. The number of nitrogens with one attached hydrogen (secondary N) is 1. The number of likely N-dealkylation sites (tertiary alicyclic amines) is 2. The topological polar surface area (TPSA) is 40.1 Å². The first-order chi connectivity index (χ1) is 13.2. The van der Waals surface area contributed by atoms with Gasteiger partial charge in [-0.05, 0) is 42.9 Å². The first-order valence-electron chi connectivity index (χ1n) is 10.4. The lowest BCUT2D eigenvalue weighted by atomic mass is 9.99. The molecule has 2 heterocycles. The maximum Gasteiger partial charge on any atom is 0.193 e. The molecule has 158 valence electrons. The van der Waals surface area contributed by atoms with Crippen LogP contribution in [0.5, 0.6) is 0 Å². The first-order valence-corrected chi connectivity index (χ1v) is 10.4. The Labute approximate surface area is 187 Å². The molecule has 0 aromatic heterocycles. The van der Waals surface area contributed by atoms with Crippen molar-refractivity contribution in [3.8, 4) is 0 Å². The molecule has 28 heavy (non-hydrogen) atoms. The average molecular weight is 500 g/mol. The highest BCUT2D eigenvalue weighted by atomic mass is 127. The highest BCUT2D eigenvalue weighted by molar-refractivity contribution is 14.0. The third kappa shape index (κ3) is 6.88. The van der Waals surface area contributed by atoms with Crippen LogP contribution in [0.25, 0.3) is 0 Å². The molecule has 3 rings (SSSR count). The molecule has 0 bridgehead atoms. The number of hydrogen-bond acceptors (Lipinski definition) is 3. The van der Waals surface area contributed by atoms with Gasteiger partial charge in [-0.25, -0.2) is 0 Å². The summed E-state index contributed by atoms with van der Waals surface area (Å²) in [5.41, 5.74) is 2.72. The summed E-state index contributed by atoms with van der Waals surface area (Å²) in [6, 6.07) is 9.06. The molecule has 6 heteroatoms. The van der Waals surface area contributed by atoms with Crippen LogP contribution in [-0.4, -0.2) is 62.7 Å². The smallest absolute Gasteiger partial charge is 0.193 e. The normalized spacial score (nSPS) is 23.5. The SMILES string of the molecule is CN=C(NCc1ccc(CN2CCCC(C)C2)cc1)N1CCC(COC)C1.I. The predicted octanol–water partition coefficient (Wildman–Crippen LogP) is 3.58. The van der Waals surface area contributed by atoms with Crippen molar-refractivity contribution >= 4 is 29.9 Å². The van der Waals surface area contributed by atoms with Crippen molar-refractivity contribution in [3.05, 3.63) is 35.4 Å². The van der Waals surface area contributed by atoms with Crippen LogP contribution < -0.4 is 5.32 Å². The summed E-state index contributed by atoms with van der Waals surface area (Å²) >= 11 is 0. The molecule has 0 amide bonds. The molecule has 1 aromatic carbocycles. The molecule has 0 saturated carbocycles. The number of ether oxygens (including phenoxy) is 1. The summed E-state index contributed by atoms with van der Waals surface area (Å²) < 4.78 is 5.30. The van der Waals surface area contributed by atoms with Crippen LogP contribution in [0.1, 0.15) is 37.3 Å². The van der Waals surface area contributed by atoms with E-state index in [9.17, 15) is 0 Å². The second-order valence-electron chi connectivity index (χ2n) is 8.26. The van der Waals surface area contributed by atoms with E-state index in [1.807, 2.05) is 7.05 Å². The van der Waals surface area contributed by atoms with E-state index in [2.05, 4.69) is 51.3 Å². The molecule has 0 spiro atoms. The van der Waals surface area contributed by atoms with Crippen molar-refractivity contribution < 1.29 is 4.74 Å². The molecule has 2 fully saturated rings. The molecule has 2 unspecified atom stereocenters. The third-order valence-electron chi connectivity index (χ3n) is 5.82. The van der Waals surface area contributed by atoms with Gasteiger partial charge in [0.15, 0.2) is 5.96 Å². The van der Waals surface area contributed by atoms with Crippen LogP contribution in [0.4, 0.5) is 0 Å². The van der Waals surface area contributed by atoms with Crippen molar-refractivity contribution in [2.45, 2.75) is 39.3 Å². The minimum atomic E-state index is 0. The molecular weight excluding hydrogens is 463 g/mol. The number of benzene rings is 1. The van der Waals surface area contributed by atoms with E-state index in [4.69, 9.17) is 4.74 Å². The van der Waals surface area contributed by atoms with Crippen molar-refractivity contribution in [2.24, 2.45) is 16.8 Å². The van der Waals surface area contributed by atoms with Gasteiger partial charge >= 0.3 is 0 Å². The van der Waals surface area contributed by atoms with Crippen molar-refractivity contribution in [1.82, 2.24) is 15.1 Å². The maximum atomic E-state index is 5.30. The van der Waals surface area contributed by atoms with E-state index in [0.29, 0.717) is 5.92 Å². The Balaban J connectivity index is 0.00000280. The van der Waals surface area contributed by atoms with Gasteiger partial charge in [0.1, 0.15) is 0 Å². The summed E-state index contributed by atoms with van der Waals surface area (Å²) in [6.45, 7) is 9.66. The van der Waals surface area contributed by atoms with Crippen LogP contribution >= 0.6 is 24.0 Å². The summed E-state index contributed by atoms with van der Waals surface area (Å²) in [6.07, 6.45) is 3.90. The standard InChI is InChI=1S/C22H36N4O.HI/c1-18-5-4-11-25(14-18)15-20-8-6-19(7-9-20)13-24-22(23-2)26-12-10-21(16-26)17-27-3;/h6-9,18,21H,4-5,10-17H2,1-3H3,(H,23,24);1H. The van der Waals surface area contributed by atoms with Crippen molar-refractivity contribution in [1.29, 1.82) is 0 Å². The fourth-order valence-electron chi connectivity index (χ4n) is 4.36. The zero-order chi connectivity index (χ0) is 19.1. The van der Waals surface area contributed by atoms with E-state index in [1.54, 1.807) is 7.11 Å². The number of guanidine groups is 1. The number of halogens is 1. The monoisotopic (exact) mass is 500 g/mol. The van der Waals surface area contributed by atoms with Gasteiger partial charge in [-0.1, -0.05) is 31.2 Å². The van der Waals surface area contributed by atoms with Crippen LogP contribution in [-0.2, 0) is 17.8 Å². The van der Waals surface area contributed by atoms with E-state index in [-0.39, 0.29) is 24.0 Å². The predicted molar refractivity (Wildman–Crippen MR) is 127 cm³/mol. The van der Waals surface area contributed by atoms with Crippen LogP contribution in [0, 0.1) is 11.8 Å². The molecule has 2 saturated heterocycles. The van der Waals surface area contributed by atoms with Gasteiger partial charge in [-0.15, -0.1) is 24.0 Å². The van der Waals surface area contributed by atoms with Crippen LogP contribution in [0.3, 0.4) is 0 Å². The van der Waals surface area contributed by atoms with Crippen molar-refractivity contribution in [2.75, 3.05) is 46.9 Å². The Morgan fingerprint density at radius 3 is 2.57 bits per heavy atom. The quantitative estimate of drug-likeness (QED) is 0.369. The van der Waals surface area contributed by atoms with Gasteiger partial charge in [0, 0.05) is 52.8 Å². The van der Waals surface area contributed by atoms with Gasteiger partial charge in [-0.3, -0.25) is 9.89 Å². The minimum absolute atomic E-state index is 0. The van der Waals surface area contributed by atoms with E-state index < -0.39 is 0 Å². The summed E-state index contributed by atoms with van der Waals surface area (Å²) in [7, 11) is 3.65. The number of methoxy groups -OCH3 is 1. The molecule has 0 radical (unpaired) electrons. The lowest BCUT2D eigenvalue weighted by Crippen LogP contribution is -2.39. The maximum absolute atomic E-state index is 5.30. The lowest BCUT2D eigenvalue weighted by Gasteiger charge is -2.30. The second-order valence-corrected chi connectivity index (χ2v) is 8.26. The van der Waals surface area contributed by atoms with Crippen LogP contribution in [0.2, 0.25) is 0 Å². The largest absolute Gasteiger partial charge is 0.384 e. The van der Waals surface area contributed by atoms with E-state index >= 15 is 0 Å². The number of hydrogen-bond donors (Lipinski definition) is 1. The van der Waals surface area contributed by atoms with Gasteiger partial charge in [0.2, 0.25) is 0 Å². The van der Waals surface area contributed by atoms with E-state index in [0.717, 1.165) is 44.7 Å². The Morgan fingerprint density at radius 1 is 1.14 bits per heavy atom. The molecule has 0 aliphatic carbocycles. The average Bonchev–Trinajstić information content (AvgIpc) is 3.12. The molecule has 5 nitrogen and oxygen atoms in total. The Bertz CT molecular complexity index is 607. The molecule has 2 aliphatic heterocycles. The lowest BCUT2D eigenvalue weighted by molar-refractivity contribution is 0.157. The van der Waals surface area contributed by atoms with Gasteiger partial charge in [0.05, 0.1) is 6.61 Å².